The molecule has 2 aromatic rings. The van der Waals surface area contributed by atoms with Crippen LogP contribution in [0.4, 0.5) is 0 Å². The van der Waals surface area contributed by atoms with Crippen LogP contribution < -0.4 is 4.74 Å². The molecule has 98 valence electrons. The van der Waals surface area contributed by atoms with Gasteiger partial charge in [-0.05, 0) is 58.5 Å². The highest BCUT2D eigenvalue weighted by molar-refractivity contribution is 14.1. The van der Waals surface area contributed by atoms with E-state index in [4.69, 9.17) is 21.4 Å². The van der Waals surface area contributed by atoms with Crippen LogP contribution in [0.3, 0.4) is 0 Å². The number of rotatable bonds is 4. The van der Waals surface area contributed by atoms with Crippen molar-refractivity contribution in [3.8, 4) is 5.75 Å². The number of ether oxygens (including phenoxy) is 1. The van der Waals surface area contributed by atoms with Gasteiger partial charge in [0, 0.05) is 5.02 Å². The summed E-state index contributed by atoms with van der Waals surface area (Å²) in [5.41, 5.74) is 1.19. The van der Waals surface area contributed by atoms with Crippen LogP contribution in [0, 0.1) is 3.57 Å². The van der Waals surface area contributed by atoms with E-state index in [1.165, 1.54) is 6.07 Å². The smallest absolute Gasteiger partial charge is 0.335 e. The second kappa shape index (κ2) is 6.25. The van der Waals surface area contributed by atoms with Crippen LogP contribution in [-0.4, -0.2) is 11.1 Å². The normalized spacial score (nSPS) is 10.2. The van der Waals surface area contributed by atoms with E-state index in [1.807, 2.05) is 12.1 Å². The number of hydrogen-bond donors (Lipinski definition) is 1. The highest BCUT2D eigenvalue weighted by atomic mass is 127. The maximum atomic E-state index is 10.9. The molecule has 3 nitrogen and oxygen atoms in total. The molecule has 19 heavy (non-hydrogen) atoms. The quantitative estimate of drug-likeness (QED) is 0.798. The molecular formula is C14H10ClIO3. The van der Waals surface area contributed by atoms with E-state index < -0.39 is 5.97 Å². The Hall–Kier alpha value is -1.27. The molecule has 0 aliphatic rings. The summed E-state index contributed by atoms with van der Waals surface area (Å²) in [6.45, 7) is 0.371. The molecule has 2 aromatic carbocycles. The second-order valence-corrected chi connectivity index (χ2v) is 5.46. The van der Waals surface area contributed by atoms with Gasteiger partial charge in [0.2, 0.25) is 0 Å². The maximum Gasteiger partial charge on any atom is 0.335 e. The molecule has 0 saturated heterocycles. The average molecular weight is 389 g/mol. The largest absolute Gasteiger partial charge is 0.488 e. The molecule has 0 spiro atoms. The van der Waals surface area contributed by atoms with Gasteiger partial charge in [-0.1, -0.05) is 23.7 Å². The highest BCUT2D eigenvalue weighted by Crippen LogP contribution is 2.23. The van der Waals surface area contributed by atoms with E-state index in [0.717, 1.165) is 9.13 Å². The molecule has 5 heteroatoms. The maximum absolute atomic E-state index is 10.9. The highest BCUT2D eigenvalue weighted by Gasteiger charge is 2.08. The van der Waals surface area contributed by atoms with Crippen molar-refractivity contribution >= 4 is 40.2 Å². The number of carboxylic acids is 1. The minimum atomic E-state index is -0.965. The van der Waals surface area contributed by atoms with Crippen LogP contribution in [0.25, 0.3) is 0 Å². The van der Waals surface area contributed by atoms with Crippen LogP contribution >= 0.6 is 34.2 Å². The zero-order valence-corrected chi connectivity index (χ0v) is 12.7. The minimum absolute atomic E-state index is 0.214. The summed E-state index contributed by atoms with van der Waals surface area (Å²) in [7, 11) is 0. The molecular weight excluding hydrogens is 379 g/mol. The lowest BCUT2D eigenvalue weighted by atomic mass is 10.2. The first-order valence-electron chi connectivity index (χ1n) is 5.46. The summed E-state index contributed by atoms with van der Waals surface area (Å²) < 4.78 is 6.51. The van der Waals surface area contributed by atoms with Gasteiger partial charge in [0.1, 0.15) is 12.4 Å². The summed E-state index contributed by atoms with van der Waals surface area (Å²) in [4.78, 5) is 10.9. The Morgan fingerprint density at radius 2 is 1.89 bits per heavy atom. The van der Waals surface area contributed by atoms with Gasteiger partial charge in [0.15, 0.2) is 0 Å². The molecule has 0 heterocycles. The van der Waals surface area contributed by atoms with Crippen LogP contribution in [-0.2, 0) is 6.61 Å². The number of benzene rings is 2. The Morgan fingerprint density at radius 3 is 2.53 bits per heavy atom. The molecule has 0 fully saturated rings. The van der Waals surface area contributed by atoms with E-state index in [0.29, 0.717) is 17.4 Å². The van der Waals surface area contributed by atoms with E-state index in [9.17, 15) is 4.79 Å². The van der Waals surface area contributed by atoms with Crippen molar-refractivity contribution in [2.45, 2.75) is 6.61 Å². The summed E-state index contributed by atoms with van der Waals surface area (Å²) in [6.07, 6.45) is 0. The van der Waals surface area contributed by atoms with Gasteiger partial charge in [-0.2, -0.15) is 0 Å². The number of hydrogen-bond acceptors (Lipinski definition) is 2. The fraction of sp³-hybridized carbons (Fsp3) is 0.0714. The van der Waals surface area contributed by atoms with E-state index in [1.54, 1.807) is 24.3 Å². The van der Waals surface area contributed by atoms with Crippen molar-refractivity contribution in [1.82, 2.24) is 0 Å². The van der Waals surface area contributed by atoms with Crippen molar-refractivity contribution in [2.24, 2.45) is 0 Å². The lowest BCUT2D eigenvalue weighted by molar-refractivity contribution is 0.0696. The van der Waals surface area contributed by atoms with E-state index in [2.05, 4.69) is 22.6 Å². The third-order valence-electron chi connectivity index (χ3n) is 2.49. The van der Waals surface area contributed by atoms with Gasteiger partial charge in [0.25, 0.3) is 0 Å². The topological polar surface area (TPSA) is 46.5 Å². The molecule has 0 bridgehead atoms. The van der Waals surface area contributed by atoms with Crippen LogP contribution in [0.2, 0.25) is 5.02 Å². The van der Waals surface area contributed by atoms with Gasteiger partial charge in [-0.25, -0.2) is 4.79 Å². The molecule has 0 aliphatic heterocycles. The lowest BCUT2D eigenvalue weighted by Crippen LogP contribution is -2.01. The molecule has 0 amide bonds. The SMILES string of the molecule is O=C(O)c1ccc(I)c(OCc2ccc(Cl)cc2)c1. The Kier molecular flexibility index (Phi) is 4.66. The standard InChI is InChI=1S/C14H10ClIO3/c15-11-4-1-9(2-5-11)8-19-13-7-10(14(17)18)3-6-12(13)16/h1-7H,8H2,(H,17,18). The lowest BCUT2D eigenvalue weighted by Gasteiger charge is -2.09. The van der Waals surface area contributed by atoms with Gasteiger partial charge in [-0.3, -0.25) is 0 Å². The zero-order valence-electron chi connectivity index (χ0n) is 9.77. The molecule has 2 rings (SSSR count). The molecule has 0 aromatic heterocycles. The molecule has 0 unspecified atom stereocenters. The molecule has 0 saturated carbocycles. The third-order valence-corrected chi connectivity index (χ3v) is 3.63. The molecule has 0 aliphatic carbocycles. The van der Waals surface area contributed by atoms with Gasteiger partial charge >= 0.3 is 5.97 Å². The summed E-state index contributed by atoms with van der Waals surface area (Å²) in [5, 5.41) is 9.62. The van der Waals surface area contributed by atoms with Gasteiger partial charge in [0.05, 0.1) is 9.13 Å². The monoisotopic (exact) mass is 388 g/mol. The predicted octanol–water partition coefficient (Wildman–Crippen LogP) is 4.22. The van der Waals surface area contributed by atoms with Crippen molar-refractivity contribution in [1.29, 1.82) is 0 Å². The van der Waals surface area contributed by atoms with Gasteiger partial charge < -0.3 is 9.84 Å². The van der Waals surface area contributed by atoms with Crippen LogP contribution in [0.1, 0.15) is 15.9 Å². The Labute approximate surface area is 129 Å². The Balaban J connectivity index is 2.12. The second-order valence-electron chi connectivity index (χ2n) is 3.87. The van der Waals surface area contributed by atoms with Crippen LogP contribution in [0.15, 0.2) is 42.5 Å². The minimum Gasteiger partial charge on any atom is -0.488 e. The first-order chi connectivity index (χ1) is 9.06. The zero-order chi connectivity index (χ0) is 13.8. The van der Waals surface area contributed by atoms with Gasteiger partial charge in [-0.15, -0.1) is 0 Å². The summed E-state index contributed by atoms with van der Waals surface area (Å²) in [5.74, 6) is -0.400. The fourth-order valence-electron chi connectivity index (χ4n) is 1.49. The van der Waals surface area contributed by atoms with Crippen molar-refractivity contribution in [3.05, 3.63) is 62.2 Å². The predicted molar refractivity (Wildman–Crippen MR) is 81.9 cm³/mol. The van der Waals surface area contributed by atoms with E-state index >= 15 is 0 Å². The van der Waals surface area contributed by atoms with Crippen molar-refractivity contribution in [3.63, 3.8) is 0 Å². The number of carbonyl (C=O) groups is 1. The fourth-order valence-corrected chi connectivity index (χ4v) is 2.11. The molecule has 0 atom stereocenters. The number of aromatic carboxylic acids is 1. The molecule has 0 radical (unpaired) electrons. The summed E-state index contributed by atoms with van der Waals surface area (Å²) in [6, 6.07) is 12.1. The first kappa shape index (κ1) is 14.1. The Bertz CT molecular complexity index is 596. The first-order valence-corrected chi connectivity index (χ1v) is 6.92. The van der Waals surface area contributed by atoms with Crippen molar-refractivity contribution in [2.75, 3.05) is 0 Å². The molecule has 1 N–H and O–H groups in total. The average Bonchev–Trinajstić information content (AvgIpc) is 2.39. The number of halogens is 2. The van der Waals surface area contributed by atoms with Crippen molar-refractivity contribution < 1.29 is 14.6 Å². The van der Waals surface area contributed by atoms with E-state index in [-0.39, 0.29) is 5.56 Å². The Morgan fingerprint density at radius 1 is 1.21 bits per heavy atom. The third kappa shape index (κ3) is 3.84. The summed E-state index contributed by atoms with van der Waals surface area (Å²) >= 11 is 7.91. The van der Waals surface area contributed by atoms with Crippen LogP contribution in [0.5, 0.6) is 5.75 Å². The number of carboxylic acid groups (broad SMARTS) is 1.